The Labute approximate surface area is 147 Å². The number of hydrogen-bond donors (Lipinski definition) is 0. The van der Waals surface area contributed by atoms with E-state index < -0.39 is 0 Å². The van der Waals surface area contributed by atoms with E-state index in [1.807, 2.05) is 48.5 Å². The van der Waals surface area contributed by atoms with Crippen molar-refractivity contribution in [2.75, 3.05) is 0 Å². The van der Waals surface area contributed by atoms with E-state index in [1.165, 1.54) is 6.39 Å². The van der Waals surface area contributed by atoms with E-state index in [9.17, 15) is 0 Å². The molecule has 3 heterocycles. The third-order valence-corrected chi connectivity index (χ3v) is 4.88. The number of benzene rings is 3. The molecular formula is C22H12N2O2. The van der Waals surface area contributed by atoms with Crippen LogP contribution < -0.4 is 0 Å². The molecule has 6 aromatic rings. The number of fused-ring (bicyclic) bond motifs is 8. The van der Waals surface area contributed by atoms with Crippen molar-refractivity contribution >= 4 is 43.8 Å². The molecule has 4 nitrogen and oxygen atoms in total. The molecule has 3 aromatic carbocycles. The number of furan rings is 1. The minimum Gasteiger partial charge on any atom is -0.455 e. The van der Waals surface area contributed by atoms with Crippen LogP contribution >= 0.6 is 0 Å². The van der Waals surface area contributed by atoms with Crippen LogP contribution in [0.25, 0.3) is 55.1 Å². The third kappa shape index (κ3) is 1.68. The molecule has 0 bridgehead atoms. The van der Waals surface area contributed by atoms with Gasteiger partial charge in [0.15, 0.2) is 12.0 Å². The fourth-order valence-electron chi connectivity index (χ4n) is 3.76. The van der Waals surface area contributed by atoms with Crippen LogP contribution in [0.15, 0.2) is 82.1 Å². The first-order chi connectivity index (χ1) is 12.9. The highest BCUT2D eigenvalue weighted by Crippen LogP contribution is 2.42. The molecule has 3 aromatic heterocycles. The van der Waals surface area contributed by atoms with Crippen LogP contribution in [0.1, 0.15) is 0 Å². The first kappa shape index (κ1) is 13.6. The summed E-state index contributed by atoms with van der Waals surface area (Å²) in [5, 5.41) is 4.04. The zero-order chi connectivity index (χ0) is 17.1. The van der Waals surface area contributed by atoms with Crippen LogP contribution in [0.2, 0.25) is 0 Å². The van der Waals surface area contributed by atoms with Crippen LogP contribution in [0, 0.1) is 0 Å². The van der Waals surface area contributed by atoms with Gasteiger partial charge in [0.05, 0.1) is 11.1 Å². The van der Waals surface area contributed by atoms with Gasteiger partial charge in [-0.1, -0.05) is 42.5 Å². The number of hydrogen-bond acceptors (Lipinski definition) is 4. The lowest BCUT2D eigenvalue weighted by Gasteiger charge is -2.00. The van der Waals surface area contributed by atoms with Gasteiger partial charge in [0.25, 0.3) is 0 Å². The highest BCUT2D eigenvalue weighted by atomic mass is 16.3. The molecule has 0 amide bonds. The van der Waals surface area contributed by atoms with Gasteiger partial charge in [-0.25, -0.2) is 4.98 Å². The molecule has 0 atom stereocenters. The van der Waals surface area contributed by atoms with E-state index in [-0.39, 0.29) is 0 Å². The molecule has 0 saturated carbocycles. The SMILES string of the molecule is c1ccc(-c2cccc3c2oc2c4ccccc4c4ocnc4c32)nc1. The van der Waals surface area contributed by atoms with E-state index in [0.717, 1.165) is 55.1 Å². The van der Waals surface area contributed by atoms with Crippen molar-refractivity contribution in [2.24, 2.45) is 0 Å². The van der Waals surface area contributed by atoms with Crippen molar-refractivity contribution in [3.8, 4) is 11.3 Å². The second kappa shape index (κ2) is 4.92. The third-order valence-electron chi connectivity index (χ3n) is 4.88. The second-order valence-corrected chi connectivity index (χ2v) is 6.28. The van der Waals surface area contributed by atoms with Crippen molar-refractivity contribution < 1.29 is 8.83 Å². The molecule has 4 heteroatoms. The summed E-state index contributed by atoms with van der Waals surface area (Å²) >= 11 is 0. The maximum atomic E-state index is 6.41. The highest BCUT2D eigenvalue weighted by Gasteiger charge is 2.20. The Morgan fingerprint density at radius 3 is 2.31 bits per heavy atom. The Balaban J connectivity index is 1.88. The number of nitrogens with zero attached hydrogens (tertiary/aromatic N) is 2. The van der Waals surface area contributed by atoms with Gasteiger partial charge in [-0.2, -0.15) is 0 Å². The van der Waals surface area contributed by atoms with E-state index in [2.05, 4.69) is 22.1 Å². The predicted octanol–water partition coefficient (Wildman–Crippen LogP) is 5.94. The first-order valence-corrected chi connectivity index (χ1v) is 8.42. The van der Waals surface area contributed by atoms with Gasteiger partial charge in [-0.05, 0) is 18.2 Å². The number of para-hydroxylation sites is 1. The van der Waals surface area contributed by atoms with Crippen molar-refractivity contribution in [2.45, 2.75) is 0 Å². The lowest BCUT2D eigenvalue weighted by Crippen LogP contribution is -1.82. The van der Waals surface area contributed by atoms with E-state index in [0.29, 0.717) is 0 Å². The van der Waals surface area contributed by atoms with Gasteiger partial charge >= 0.3 is 0 Å². The molecule has 0 aliphatic rings. The Bertz CT molecular complexity index is 1430. The van der Waals surface area contributed by atoms with Gasteiger partial charge < -0.3 is 8.83 Å². The Hall–Kier alpha value is -3.66. The van der Waals surface area contributed by atoms with Crippen LogP contribution in [0.4, 0.5) is 0 Å². The van der Waals surface area contributed by atoms with E-state index >= 15 is 0 Å². The van der Waals surface area contributed by atoms with Gasteiger partial charge in [-0.15, -0.1) is 0 Å². The Kier molecular flexibility index (Phi) is 2.58. The van der Waals surface area contributed by atoms with Crippen LogP contribution in [-0.2, 0) is 0 Å². The standard InChI is InChI=1S/C22H12N2O2/c1-2-7-14-13(6-1)21-18(19-22(14)25-12-24-19)16-9-5-8-15(20(16)26-21)17-10-3-4-11-23-17/h1-12H. The molecular weight excluding hydrogens is 324 g/mol. The normalized spacial score (nSPS) is 11.8. The zero-order valence-electron chi connectivity index (χ0n) is 13.6. The van der Waals surface area contributed by atoms with Crippen molar-refractivity contribution in [1.82, 2.24) is 9.97 Å². The summed E-state index contributed by atoms with van der Waals surface area (Å²) in [6, 6.07) is 20.1. The largest absolute Gasteiger partial charge is 0.455 e. The van der Waals surface area contributed by atoms with Crippen LogP contribution in [0.3, 0.4) is 0 Å². The molecule has 0 fully saturated rings. The van der Waals surface area contributed by atoms with Gasteiger partial charge in [-0.3, -0.25) is 4.98 Å². The topological polar surface area (TPSA) is 52.1 Å². The minimum atomic E-state index is 0.791. The summed E-state index contributed by atoms with van der Waals surface area (Å²) in [7, 11) is 0. The molecule has 0 aliphatic carbocycles. The quantitative estimate of drug-likeness (QED) is 0.373. The molecule has 0 N–H and O–H groups in total. The molecule has 0 spiro atoms. The Morgan fingerprint density at radius 2 is 1.46 bits per heavy atom. The van der Waals surface area contributed by atoms with Gasteiger partial charge in [0.2, 0.25) is 0 Å². The van der Waals surface area contributed by atoms with Gasteiger partial charge in [0, 0.05) is 27.9 Å². The molecule has 26 heavy (non-hydrogen) atoms. The average Bonchev–Trinajstić information content (AvgIpc) is 3.33. The highest BCUT2D eigenvalue weighted by molar-refractivity contribution is 6.28. The van der Waals surface area contributed by atoms with E-state index in [1.54, 1.807) is 6.20 Å². The average molecular weight is 336 g/mol. The summed E-state index contributed by atoms with van der Waals surface area (Å²) in [5.74, 6) is 0. The summed E-state index contributed by atoms with van der Waals surface area (Å²) in [5.41, 5.74) is 5.13. The van der Waals surface area contributed by atoms with Crippen molar-refractivity contribution in [3.05, 3.63) is 73.3 Å². The first-order valence-electron chi connectivity index (χ1n) is 8.42. The minimum absolute atomic E-state index is 0.791. The zero-order valence-corrected chi connectivity index (χ0v) is 13.6. The number of oxazole rings is 1. The molecule has 0 unspecified atom stereocenters. The molecule has 0 radical (unpaired) electrons. The predicted molar refractivity (Wildman–Crippen MR) is 102 cm³/mol. The maximum absolute atomic E-state index is 6.41. The molecule has 0 saturated heterocycles. The second-order valence-electron chi connectivity index (χ2n) is 6.28. The van der Waals surface area contributed by atoms with Crippen LogP contribution in [0.5, 0.6) is 0 Å². The Morgan fingerprint density at radius 1 is 0.654 bits per heavy atom. The van der Waals surface area contributed by atoms with Gasteiger partial charge in [0.1, 0.15) is 16.7 Å². The number of aromatic nitrogens is 2. The number of rotatable bonds is 1. The molecule has 6 rings (SSSR count). The molecule has 122 valence electrons. The maximum Gasteiger partial charge on any atom is 0.182 e. The summed E-state index contributed by atoms with van der Waals surface area (Å²) < 4.78 is 12.1. The van der Waals surface area contributed by atoms with Crippen LogP contribution in [-0.4, -0.2) is 9.97 Å². The smallest absolute Gasteiger partial charge is 0.182 e. The summed E-state index contributed by atoms with van der Waals surface area (Å²) in [6.07, 6.45) is 3.29. The van der Waals surface area contributed by atoms with Crippen molar-refractivity contribution in [1.29, 1.82) is 0 Å². The van der Waals surface area contributed by atoms with Crippen molar-refractivity contribution in [3.63, 3.8) is 0 Å². The lowest BCUT2D eigenvalue weighted by atomic mass is 10.0. The fourth-order valence-corrected chi connectivity index (χ4v) is 3.76. The fraction of sp³-hybridized carbons (Fsp3) is 0. The number of pyridine rings is 1. The summed E-state index contributed by atoms with van der Waals surface area (Å²) in [4.78, 5) is 8.97. The van der Waals surface area contributed by atoms with E-state index in [4.69, 9.17) is 8.83 Å². The monoisotopic (exact) mass is 336 g/mol. The lowest BCUT2D eigenvalue weighted by molar-refractivity contribution is 0.605. The summed E-state index contributed by atoms with van der Waals surface area (Å²) in [6.45, 7) is 0. The molecule has 0 aliphatic heterocycles.